The minimum Gasteiger partial charge on any atom is -0.256 e. The number of hydrogen-bond donors (Lipinski definition) is 0. The molecule has 3 aromatic rings. The molecule has 0 amide bonds. The Kier molecular flexibility index (Phi) is 4.47. The van der Waals surface area contributed by atoms with Crippen LogP contribution in [-0.4, -0.2) is 15.0 Å². The Morgan fingerprint density at radius 3 is 2.48 bits per heavy atom. The van der Waals surface area contributed by atoms with Crippen molar-refractivity contribution < 1.29 is 0 Å². The van der Waals surface area contributed by atoms with Crippen molar-refractivity contribution in [3.05, 3.63) is 66.2 Å². The first-order valence-electron chi connectivity index (χ1n) is 7.98. The highest BCUT2D eigenvalue weighted by Gasteiger charge is 2.08. The number of nitrogens with zero attached hydrogens (tertiary/aromatic N) is 3. The molecule has 23 heavy (non-hydrogen) atoms. The Hall–Kier alpha value is -2.55. The lowest BCUT2D eigenvalue weighted by molar-refractivity contribution is 0.621. The second-order valence-electron chi connectivity index (χ2n) is 6.20. The second-order valence-corrected chi connectivity index (χ2v) is 6.20. The normalized spacial score (nSPS) is 11.0. The molecular weight excluding hydrogens is 282 g/mol. The lowest BCUT2D eigenvalue weighted by atomic mass is 10.0. The Labute approximate surface area is 137 Å². The summed E-state index contributed by atoms with van der Waals surface area (Å²) in [5.41, 5.74) is 5.38. The molecule has 0 radical (unpaired) electrons. The SMILES string of the molecule is Cc1ccccc1-c1cc(-c2ccnc(CC(C)C)n2)ccn1. The third kappa shape index (κ3) is 3.62. The van der Waals surface area contributed by atoms with Crippen LogP contribution in [-0.2, 0) is 6.42 Å². The highest BCUT2D eigenvalue weighted by molar-refractivity contribution is 5.70. The zero-order valence-electron chi connectivity index (χ0n) is 13.8. The van der Waals surface area contributed by atoms with Crippen LogP contribution in [0.3, 0.4) is 0 Å². The first-order chi connectivity index (χ1) is 11.1. The van der Waals surface area contributed by atoms with Crippen molar-refractivity contribution in [1.82, 2.24) is 15.0 Å². The van der Waals surface area contributed by atoms with Gasteiger partial charge in [0.1, 0.15) is 5.82 Å². The largest absolute Gasteiger partial charge is 0.256 e. The molecule has 2 aromatic heterocycles. The van der Waals surface area contributed by atoms with Gasteiger partial charge in [-0.15, -0.1) is 0 Å². The van der Waals surface area contributed by atoms with Gasteiger partial charge in [-0.3, -0.25) is 4.98 Å². The maximum Gasteiger partial charge on any atom is 0.129 e. The number of pyridine rings is 1. The second kappa shape index (κ2) is 6.69. The van der Waals surface area contributed by atoms with Gasteiger partial charge in [-0.25, -0.2) is 9.97 Å². The van der Waals surface area contributed by atoms with Crippen LogP contribution in [0.5, 0.6) is 0 Å². The van der Waals surface area contributed by atoms with E-state index < -0.39 is 0 Å². The van der Waals surface area contributed by atoms with E-state index in [-0.39, 0.29) is 0 Å². The van der Waals surface area contributed by atoms with Gasteiger partial charge in [0.25, 0.3) is 0 Å². The summed E-state index contributed by atoms with van der Waals surface area (Å²) in [5.74, 6) is 1.44. The molecule has 0 fully saturated rings. The summed E-state index contributed by atoms with van der Waals surface area (Å²) < 4.78 is 0. The molecule has 0 atom stereocenters. The predicted octanol–water partition coefficient (Wildman–Crippen LogP) is 4.71. The zero-order valence-corrected chi connectivity index (χ0v) is 13.8. The fourth-order valence-corrected chi connectivity index (χ4v) is 2.62. The van der Waals surface area contributed by atoms with Gasteiger partial charge >= 0.3 is 0 Å². The molecule has 0 spiro atoms. The van der Waals surface area contributed by atoms with Gasteiger partial charge in [0.2, 0.25) is 0 Å². The Morgan fingerprint density at radius 1 is 0.913 bits per heavy atom. The molecular formula is C20H21N3. The lowest BCUT2D eigenvalue weighted by Gasteiger charge is -2.08. The van der Waals surface area contributed by atoms with E-state index >= 15 is 0 Å². The third-order valence-electron chi connectivity index (χ3n) is 3.77. The summed E-state index contributed by atoms with van der Waals surface area (Å²) in [5, 5.41) is 0. The molecule has 3 rings (SSSR count). The Balaban J connectivity index is 1.99. The van der Waals surface area contributed by atoms with E-state index in [9.17, 15) is 0 Å². The van der Waals surface area contributed by atoms with E-state index in [1.54, 1.807) is 0 Å². The lowest BCUT2D eigenvalue weighted by Crippen LogP contribution is -2.01. The van der Waals surface area contributed by atoms with E-state index in [2.05, 4.69) is 48.9 Å². The Morgan fingerprint density at radius 2 is 1.70 bits per heavy atom. The van der Waals surface area contributed by atoms with Gasteiger partial charge in [-0.2, -0.15) is 0 Å². The number of rotatable bonds is 4. The number of aromatic nitrogens is 3. The van der Waals surface area contributed by atoms with E-state index in [0.29, 0.717) is 5.92 Å². The van der Waals surface area contributed by atoms with Crippen molar-refractivity contribution in [1.29, 1.82) is 0 Å². The summed E-state index contributed by atoms with van der Waals surface area (Å²) >= 11 is 0. The van der Waals surface area contributed by atoms with E-state index in [0.717, 1.165) is 34.8 Å². The smallest absolute Gasteiger partial charge is 0.129 e. The number of aryl methyl sites for hydroxylation is 1. The molecule has 0 N–H and O–H groups in total. The molecule has 2 heterocycles. The minimum absolute atomic E-state index is 0.546. The molecule has 0 saturated heterocycles. The van der Waals surface area contributed by atoms with Crippen molar-refractivity contribution >= 4 is 0 Å². The average molecular weight is 303 g/mol. The maximum absolute atomic E-state index is 4.70. The first kappa shape index (κ1) is 15.3. The summed E-state index contributed by atoms with van der Waals surface area (Å²) in [4.78, 5) is 13.6. The Bertz CT molecular complexity index is 809. The van der Waals surface area contributed by atoms with Crippen LogP contribution in [0.15, 0.2) is 54.9 Å². The van der Waals surface area contributed by atoms with Crippen molar-refractivity contribution in [2.24, 2.45) is 5.92 Å². The van der Waals surface area contributed by atoms with Crippen molar-refractivity contribution in [2.45, 2.75) is 27.2 Å². The molecule has 0 bridgehead atoms. The summed E-state index contributed by atoms with van der Waals surface area (Å²) in [6, 6.07) is 14.4. The van der Waals surface area contributed by atoms with Crippen LogP contribution in [0.4, 0.5) is 0 Å². The fourth-order valence-electron chi connectivity index (χ4n) is 2.62. The number of hydrogen-bond acceptors (Lipinski definition) is 3. The van der Waals surface area contributed by atoms with E-state index in [1.807, 2.05) is 36.7 Å². The molecule has 1 aromatic carbocycles. The van der Waals surface area contributed by atoms with Crippen LogP contribution < -0.4 is 0 Å². The standard InChI is InChI=1S/C20H21N3/c1-14(2)12-20-22-11-9-18(23-20)16-8-10-21-19(13-16)17-7-5-4-6-15(17)3/h4-11,13-14H,12H2,1-3H3. The summed E-state index contributed by atoms with van der Waals surface area (Å²) in [6.45, 7) is 6.46. The van der Waals surface area contributed by atoms with Crippen molar-refractivity contribution in [2.75, 3.05) is 0 Å². The van der Waals surface area contributed by atoms with Crippen LogP contribution >= 0.6 is 0 Å². The summed E-state index contributed by atoms with van der Waals surface area (Å²) in [7, 11) is 0. The maximum atomic E-state index is 4.70. The van der Waals surface area contributed by atoms with Crippen LogP contribution in [0, 0.1) is 12.8 Å². The highest BCUT2D eigenvalue weighted by atomic mass is 14.9. The molecule has 116 valence electrons. The number of benzene rings is 1. The van der Waals surface area contributed by atoms with E-state index in [4.69, 9.17) is 4.98 Å². The van der Waals surface area contributed by atoms with Crippen molar-refractivity contribution in [3.63, 3.8) is 0 Å². The molecule has 0 aliphatic rings. The van der Waals surface area contributed by atoms with Crippen LogP contribution in [0.25, 0.3) is 22.5 Å². The molecule has 3 heteroatoms. The van der Waals surface area contributed by atoms with Crippen LogP contribution in [0.2, 0.25) is 0 Å². The van der Waals surface area contributed by atoms with Gasteiger partial charge in [-0.1, -0.05) is 38.1 Å². The van der Waals surface area contributed by atoms with Crippen molar-refractivity contribution in [3.8, 4) is 22.5 Å². The minimum atomic E-state index is 0.546. The monoisotopic (exact) mass is 303 g/mol. The fraction of sp³-hybridized carbons (Fsp3) is 0.250. The van der Waals surface area contributed by atoms with Crippen LogP contribution in [0.1, 0.15) is 25.2 Å². The first-order valence-corrected chi connectivity index (χ1v) is 7.98. The molecule has 0 aliphatic carbocycles. The molecule has 0 saturated carbocycles. The van der Waals surface area contributed by atoms with Gasteiger partial charge in [-0.05, 0) is 36.6 Å². The highest BCUT2D eigenvalue weighted by Crippen LogP contribution is 2.25. The van der Waals surface area contributed by atoms with Gasteiger partial charge in [0, 0.05) is 29.9 Å². The summed E-state index contributed by atoms with van der Waals surface area (Å²) in [6.07, 6.45) is 4.58. The van der Waals surface area contributed by atoms with E-state index in [1.165, 1.54) is 5.56 Å². The zero-order chi connectivity index (χ0) is 16.2. The van der Waals surface area contributed by atoms with Gasteiger partial charge in [0.05, 0.1) is 11.4 Å². The predicted molar refractivity (Wildman–Crippen MR) is 94.0 cm³/mol. The topological polar surface area (TPSA) is 38.7 Å². The van der Waals surface area contributed by atoms with Gasteiger partial charge < -0.3 is 0 Å². The third-order valence-corrected chi connectivity index (χ3v) is 3.77. The molecule has 0 aliphatic heterocycles. The van der Waals surface area contributed by atoms with Gasteiger partial charge in [0.15, 0.2) is 0 Å². The molecule has 0 unspecified atom stereocenters. The molecule has 3 nitrogen and oxygen atoms in total. The average Bonchev–Trinajstić information content (AvgIpc) is 2.55. The quantitative estimate of drug-likeness (QED) is 0.700.